The van der Waals surface area contributed by atoms with Crippen molar-refractivity contribution in [1.82, 2.24) is 25.1 Å². The van der Waals surface area contributed by atoms with Gasteiger partial charge in [0.2, 0.25) is 5.91 Å². The summed E-state index contributed by atoms with van der Waals surface area (Å²) in [6.45, 7) is 6.24. The number of rotatable bonds is 7. The molecule has 0 saturated heterocycles. The van der Waals surface area contributed by atoms with E-state index in [2.05, 4.69) is 26.6 Å². The summed E-state index contributed by atoms with van der Waals surface area (Å²) in [6, 6.07) is 17.9. The van der Waals surface area contributed by atoms with E-state index >= 15 is 0 Å². The molecular formula is C25H24FN5OS. The molecule has 33 heavy (non-hydrogen) atoms. The van der Waals surface area contributed by atoms with Crippen molar-refractivity contribution in [3.05, 3.63) is 89.4 Å². The van der Waals surface area contributed by atoms with Gasteiger partial charge in [0.15, 0.2) is 11.0 Å². The highest BCUT2D eigenvalue weighted by molar-refractivity contribution is 8.00. The van der Waals surface area contributed by atoms with Gasteiger partial charge in [0.05, 0.1) is 10.9 Å². The molecule has 2 heterocycles. The monoisotopic (exact) mass is 461 g/mol. The van der Waals surface area contributed by atoms with Crippen LogP contribution in [0, 0.1) is 19.7 Å². The number of carbonyl (C=O) groups excluding carboxylic acids is 1. The van der Waals surface area contributed by atoms with Crippen LogP contribution >= 0.6 is 11.8 Å². The molecule has 8 heteroatoms. The van der Waals surface area contributed by atoms with Crippen LogP contribution < -0.4 is 5.32 Å². The second-order valence-corrected chi connectivity index (χ2v) is 9.06. The Labute approximate surface area is 196 Å². The number of amides is 1. The fourth-order valence-electron chi connectivity index (χ4n) is 3.43. The van der Waals surface area contributed by atoms with Crippen LogP contribution in [0.4, 0.5) is 4.39 Å². The van der Waals surface area contributed by atoms with Gasteiger partial charge < -0.3 is 5.32 Å². The van der Waals surface area contributed by atoms with E-state index < -0.39 is 5.25 Å². The molecule has 1 unspecified atom stereocenters. The van der Waals surface area contributed by atoms with Gasteiger partial charge >= 0.3 is 0 Å². The third-order valence-electron chi connectivity index (χ3n) is 5.15. The van der Waals surface area contributed by atoms with Crippen molar-refractivity contribution in [3.63, 3.8) is 0 Å². The van der Waals surface area contributed by atoms with E-state index in [0.717, 1.165) is 22.4 Å². The quantitative estimate of drug-likeness (QED) is 0.397. The van der Waals surface area contributed by atoms with Crippen LogP contribution in [0.15, 0.2) is 72.0 Å². The summed E-state index contributed by atoms with van der Waals surface area (Å²) in [6.07, 6.45) is 1.72. The van der Waals surface area contributed by atoms with Gasteiger partial charge in [0.25, 0.3) is 0 Å². The number of nitrogens with one attached hydrogen (secondary N) is 1. The van der Waals surface area contributed by atoms with Crippen molar-refractivity contribution in [2.75, 3.05) is 0 Å². The number of hydrogen-bond donors (Lipinski definition) is 1. The summed E-state index contributed by atoms with van der Waals surface area (Å²) in [4.78, 5) is 17.2. The highest BCUT2D eigenvalue weighted by Crippen LogP contribution is 2.31. The molecule has 2 aromatic heterocycles. The molecule has 1 amide bonds. The minimum absolute atomic E-state index is 0.140. The van der Waals surface area contributed by atoms with Gasteiger partial charge in [0, 0.05) is 12.7 Å². The maximum absolute atomic E-state index is 13.1. The Morgan fingerprint density at radius 3 is 2.58 bits per heavy atom. The van der Waals surface area contributed by atoms with E-state index in [9.17, 15) is 9.18 Å². The lowest BCUT2D eigenvalue weighted by Crippen LogP contribution is -2.30. The molecule has 4 rings (SSSR count). The molecule has 0 bridgehead atoms. The lowest BCUT2D eigenvalue weighted by atomic mass is 10.1. The van der Waals surface area contributed by atoms with E-state index in [1.807, 2.05) is 55.7 Å². The van der Waals surface area contributed by atoms with Gasteiger partial charge in [-0.2, -0.15) is 0 Å². The Hall–Kier alpha value is -3.52. The zero-order valence-electron chi connectivity index (χ0n) is 18.6. The van der Waals surface area contributed by atoms with E-state index in [1.54, 1.807) is 18.3 Å². The number of hydrogen-bond acceptors (Lipinski definition) is 5. The first kappa shape index (κ1) is 22.7. The highest BCUT2D eigenvalue weighted by Gasteiger charge is 2.23. The molecule has 0 saturated carbocycles. The van der Waals surface area contributed by atoms with E-state index in [1.165, 1.54) is 23.9 Å². The first-order valence-electron chi connectivity index (χ1n) is 10.6. The predicted octanol–water partition coefficient (Wildman–Crippen LogP) is 4.88. The van der Waals surface area contributed by atoms with Gasteiger partial charge in [-0.1, -0.05) is 47.7 Å². The number of thioether (sulfide) groups is 1. The summed E-state index contributed by atoms with van der Waals surface area (Å²) < 4.78 is 15.0. The van der Waals surface area contributed by atoms with Crippen molar-refractivity contribution < 1.29 is 9.18 Å². The van der Waals surface area contributed by atoms with Crippen molar-refractivity contribution in [3.8, 4) is 17.2 Å². The summed E-state index contributed by atoms with van der Waals surface area (Å²) in [5.74, 6) is 0.173. The number of aromatic nitrogens is 4. The molecular weight excluding hydrogens is 437 g/mol. The standard InChI is InChI=1S/C25H24FN5OS/c1-16-7-12-22(17(2)14-16)31-23(21-6-4-5-13-27-21)29-30-25(31)33-18(3)24(32)28-15-19-8-10-20(26)11-9-19/h4-14,18H,15H2,1-3H3,(H,28,32). The molecule has 4 aromatic rings. The van der Waals surface area contributed by atoms with Crippen LogP contribution in [-0.4, -0.2) is 30.9 Å². The van der Waals surface area contributed by atoms with Crippen molar-refractivity contribution in [1.29, 1.82) is 0 Å². The summed E-state index contributed by atoms with van der Waals surface area (Å²) in [5, 5.41) is 11.9. The summed E-state index contributed by atoms with van der Waals surface area (Å²) >= 11 is 1.33. The van der Waals surface area contributed by atoms with Crippen LogP contribution in [0.3, 0.4) is 0 Å². The lowest BCUT2D eigenvalue weighted by molar-refractivity contribution is -0.120. The van der Waals surface area contributed by atoms with Gasteiger partial charge in [0.1, 0.15) is 11.5 Å². The molecule has 0 aliphatic rings. The van der Waals surface area contributed by atoms with Crippen LogP contribution in [0.5, 0.6) is 0 Å². The third-order valence-corrected chi connectivity index (χ3v) is 6.19. The average Bonchev–Trinajstić information content (AvgIpc) is 3.22. The molecule has 0 radical (unpaired) electrons. The summed E-state index contributed by atoms with van der Waals surface area (Å²) in [7, 11) is 0. The van der Waals surface area contributed by atoms with Gasteiger partial charge in [-0.05, 0) is 62.2 Å². The van der Waals surface area contributed by atoms with E-state index in [4.69, 9.17) is 0 Å². The molecule has 6 nitrogen and oxygen atoms in total. The Bertz CT molecular complexity index is 1260. The minimum Gasteiger partial charge on any atom is -0.351 e. The Morgan fingerprint density at radius 1 is 1.09 bits per heavy atom. The maximum Gasteiger partial charge on any atom is 0.233 e. The molecule has 1 atom stereocenters. The van der Waals surface area contributed by atoms with Crippen molar-refractivity contribution in [2.24, 2.45) is 0 Å². The molecule has 0 fully saturated rings. The molecule has 0 aliphatic heterocycles. The Kier molecular flexibility index (Phi) is 6.84. The number of pyridine rings is 1. The fraction of sp³-hybridized carbons (Fsp3) is 0.200. The second kappa shape index (κ2) is 9.95. The van der Waals surface area contributed by atoms with Crippen LogP contribution in [-0.2, 0) is 11.3 Å². The van der Waals surface area contributed by atoms with Crippen molar-refractivity contribution >= 4 is 17.7 Å². The first-order valence-corrected chi connectivity index (χ1v) is 11.4. The Morgan fingerprint density at radius 2 is 1.88 bits per heavy atom. The molecule has 168 valence electrons. The SMILES string of the molecule is Cc1ccc(-n2c(SC(C)C(=O)NCc3ccc(F)cc3)nnc2-c2ccccn2)c(C)c1. The maximum atomic E-state index is 13.1. The second-order valence-electron chi connectivity index (χ2n) is 7.75. The third kappa shape index (κ3) is 5.28. The van der Waals surface area contributed by atoms with Gasteiger partial charge in [-0.25, -0.2) is 4.39 Å². The smallest absolute Gasteiger partial charge is 0.233 e. The highest BCUT2D eigenvalue weighted by atomic mass is 32.2. The Balaban J connectivity index is 1.60. The number of carbonyl (C=O) groups is 1. The van der Waals surface area contributed by atoms with Gasteiger partial charge in [-0.15, -0.1) is 10.2 Å². The normalized spacial score (nSPS) is 11.9. The first-order chi connectivity index (χ1) is 15.9. The lowest BCUT2D eigenvalue weighted by Gasteiger charge is -2.15. The minimum atomic E-state index is -0.421. The van der Waals surface area contributed by atoms with Crippen molar-refractivity contribution in [2.45, 2.75) is 37.7 Å². The largest absolute Gasteiger partial charge is 0.351 e. The molecule has 1 N–H and O–H groups in total. The molecule has 2 aromatic carbocycles. The zero-order valence-corrected chi connectivity index (χ0v) is 19.4. The van der Waals surface area contributed by atoms with Crippen LogP contribution in [0.1, 0.15) is 23.6 Å². The van der Waals surface area contributed by atoms with E-state index in [-0.39, 0.29) is 11.7 Å². The van der Waals surface area contributed by atoms with E-state index in [0.29, 0.717) is 23.2 Å². The van der Waals surface area contributed by atoms with Gasteiger partial charge in [-0.3, -0.25) is 14.3 Å². The van der Waals surface area contributed by atoms with Crippen LogP contribution in [0.2, 0.25) is 0 Å². The zero-order chi connectivity index (χ0) is 23.4. The number of nitrogens with zero attached hydrogens (tertiary/aromatic N) is 4. The topological polar surface area (TPSA) is 72.7 Å². The molecule has 0 spiro atoms. The van der Waals surface area contributed by atoms with Crippen LogP contribution in [0.25, 0.3) is 17.2 Å². The summed E-state index contributed by atoms with van der Waals surface area (Å²) in [5.41, 5.74) is 4.70. The predicted molar refractivity (Wildman–Crippen MR) is 128 cm³/mol. The average molecular weight is 462 g/mol. The number of aryl methyl sites for hydroxylation is 2. The number of halogens is 1. The fourth-order valence-corrected chi connectivity index (χ4v) is 4.31. The molecule has 0 aliphatic carbocycles. The number of benzene rings is 2.